The summed E-state index contributed by atoms with van der Waals surface area (Å²) >= 11 is 1.56. The van der Waals surface area contributed by atoms with Crippen LogP contribution in [-0.4, -0.2) is 21.7 Å². The molecule has 0 saturated heterocycles. The van der Waals surface area contributed by atoms with Gasteiger partial charge in [-0.15, -0.1) is 0 Å². The number of rotatable bonds is 4. The van der Waals surface area contributed by atoms with E-state index >= 15 is 0 Å². The number of hydrogen-bond acceptors (Lipinski definition) is 5. The number of nitrogens with two attached hydrogens (primary N) is 1. The first-order valence-electron chi connectivity index (χ1n) is 7.02. The Morgan fingerprint density at radius 2 is 2.44 bits per heavy atom. The van der Waals surface area contributed by atoms with E-state index in [0.29, 0.717) is 18.5 Å². The van der Waals surface area contributed by atoms with Crippen LogP contribution in [0.3, 0.4) is 0 Å². The minimum absolute atomic E-state index is 0.111. The molecule has 0 radical (unpaired) electrons. The topological polar surface area (TPSA) is 75.9 Å². The van der Waals surface area contributed by atoms with Gasteiger partial charge in [0.25, 0.3) is 0 Å². The van der Waals surface area contributed by atoms with Crippen molar-refractivity contribution >= 4 is 17.2 Å². The maximum absolute atomic E-state index is 9.00. The Labute approximate surface area is 114 Å². The first-order valence-corrected chi connectivity index (χ1v) is 6.40. The van der Waals surface area contributed by atoms with Crippen molar-refractivity contribution in [3.8, 4) is 0 Å². The normalized spacial score (nSPS) is 14.0. The monoisotopic (exact) mass is 268 g/mol. The molecule has 0 aliphatic heterocycles. The minimum atomic E-state index is -2.35. The molecule has 6 heteroatoms. The molecule has 2 rings (SSSR count). The molecule has 96 valence electrons. The molecule has 0 unspecified atom stereocenters. The highest BCUT2D eigenvalue weighted by Gasteiger charge is 2.16. The molecule has 0 spiro atoms. The molecule has 0 aromatic carbocycles. The van der Waals surface area contributed by atoms with Gasteiger partial charge in [0.15, 0.2) is 12.2 Å². The Balaban J connectivity index is 2.24. The van der Waals surface area contributed by atoms with E-state index < -0.39 is 6.85 Å². The summed E-state index contributed by atoms with van der Waals surface area (Å²) in [5.74, 6) is -0.0605. The first-order chi connectivity index (χ1) is 9.82. The van der Waals surface area contributed by atoms with Crippen molar-refractivity contribution in [2.24, 2.45) is 0 Å². The highest BCUT2D eigenvalue weighted by molar-refractivity contribution is 7.09. The van der Waals surface area contributed by atoms with Gasteiger partial charge in [-0.1, -0.05) is 11.3 Å². The zero-order valence-corrected chi connectivity index (χ0v) is 10.9. The molecular formula is C12H17N4OS+. The van der Waals surface area contributed by atoms with Crippen molar-refractivity contribution in [1.29, 1.82) is 0 Å². The molecule has 0 fully saturated rings. The number of aliphatic hydroxyl groups excluding tert-OH is 1. The number of thiazole rings is 1. The maximum atomic E-state index is 9.00. The van der Waals surface area contributed by atoms with Crippen LogP contribution in [0.5, 0.6) is 0 Å². The van der Waals surface area contributed by atoms with Crippen LogP contribution < -0.4 is 10.3 Å². The van der Waals surface area contributed by atoms with Gasteiger partial charge in [-0.25, -0.2) is 9.97 Å². The van der Waals surface area contributed by atoms with Gasteiger partial charge in [-0.3, -0.25) is 0 Å². The Morgan fingerprint density at radius 3 is 3.11 bits per heavy atom. The van der Waals surface area contributed by atoms with Gasteiger partial charge >= 0.3 is 0 Å². The van der Waals surface area contributed by atoms with Crippen LogP contribution in [0.15, 0.2) is 11.7 Å². The standard InChI is InChI=1S/C12H17N4OS/c1-8-11(3-4-17)18-7-16(8)6-10-5-14-9(2)15-12(10)13/h5,7,17H,3-4,6H2,1-2H3,(H2,13,14,15)/q+1/i2D3. The van der Waals surface area contributed by atoms with E-state index in [2.05, 4.69) is 9.97 Å². The summed E-state index contributed by atoms with van der Waals surface area (Å²) in [6, 6.07) is 0. The second kappa shape index (κ2) is 5.41. The van der Waals surface area contributed by atoms with Gasteiger partial charge in [0.2, 0.25) is 5.51 Å². The molecule has 0 atom stereocenters. The Hall–Kier alpha value is -1.53. The first kappa shape index (κ1) is 9.41. The minimum Gasteiger partial charge on any atom is -0.396 e. The Bertz CT molecular complexity index is 642. The number of aryl methyl sites for hydroxylation is 1. The Kier molecular flexibility index (Phi) is 2.83. The highest BCUT2D eigenvalue weighted by Crippen LogP contribution is 2.13. The predicted molar refractivity (Wildman–Crippen MR) is 70.3 cm³/mol. The maximum Gasteiger partial charge on any atom is 0.225 e. The molecule has 2 aromatic rings. The van der Waals surface area contributed by atoms with E-state index in [1.54, 1.807) is 11.3 Å². The van der Waals surface area contributed by atoms with Crippen LogP contribution in [0.2, 0.25) is 0 Å². The van der Waals surface area contributed by atoms with Crippen molar-refractivity contribution in [1.82, 2.24) is 9.97 Å². The van der Waals surface area contributed by atoms with Crippen molar-refractivity contribution in [3.63, 3.8) is 0 Å². The summed E-state index contributed by atoms with van der Waals surface area (Å²) in [4.78, 5) is 8.85. The van der Waals surface area contributed by atoms with Gasteiger partial charge in [0.1, 0.15) is 11.6 Å². The molecule has 0 aliphatic carbocycles. The summed E-state index contributed by atoms with van der Waals surface area (Å²) in [7, 11) is 0. The van der Waals surface area contributed by atoms with Crippen LogP contribution in [0.4, 0.5) is 5.82 Å². The average molecular weight is 268 g/mol. The third-order valence-corrected chi connectivity index (χ3v) is 3.88. The number of hydrogen-bond donors (Lipinski definition) is 2. The van der Waals surface area contributed by atoms with Gasteiger partial charge < -0.3 is 10.8 Å². The molecule has 2 heterocycles. The van der Waals surface area contributed by atoms with Gasteiger partial charge in [0.05, 0.1) is 10.4 Å². The fourth-order valence-electron chi connectivity index (χ4n) is 1.67. The second-order valence-electron chi connectivity index (χ2n) is 3.94. The van der Waals surface area contributed by atoms with E-state index in [1.165, 1.54) is 6.20 Å². The number of aliphatic hydroxyl groups is 1. The fraction of sp³-hybridized carbons (Fsp3) is 0.417. The number of nitrogen functional groups attached to an aromatic ring is 1. The molecule has 0 aliphatic rings. The van der Waals surface area contributed by atoms with Crippen LogP contribution >= 0.6 is 11.3 Å². The molecule has 5 nitrogen and oxygen atoms in total. The summed E-state index contributed by atoms with van der Waals surface area (Å²) in [6.07, 6.45) is 2.08. The Morgan fingerprint density at radius 1 is 1.61 bits per heavy atom. The van der Waals surface area contributed by atoms with Crippen LogP contribution in [0, 0.1) is 13.8 Å². The van der Waals surface area contributed by atoms with Crippen molar-refractivity contribution in [2.45, 2.75) is 26.7 Å². The van der Waals surface area contributed by atoms with E-state index in [0.717, 1.165) is 10.6 Å². The number of aromatic nitrogens is 3. The zero-order valence-electron chi connectivity index (χ0n) is 13.1. The number of nitrogens with zero attached hydrogens (tertiary/aromatic N) is 3. The lowest BCUT2D eigenvalue weighted by Crippen LogP contribution is -2.35. The molecule has 0 saturated carbocycles. The predicted octanol–water partition coefficient (Wildman–Crippen LogP) is 0.608. The molecule has 3 N–H and O–H groups in total. The van der Waals surface area contributed by atoms with E-state index in [9.17, 15) is 0 Å². The lowest BCUT2D eigenvalue weighted by Gasteiger charge is -2.01. The third kappa shape index (κ3) is 2.65. The van der Waals surface area contributed by atoms with Gasteiger partial charge in [-0.2, -0.15) is 4.57 Å². The molecule has 18 heavy (non-hydrogen) atoms. The fourth-order valence-corrected chi connectivity index (χ4v) is 2.66. The second-order valence-corrected chi connectivity index (χ2v) is 4.88. The van der Waals surface area contributed by atoms with E-state index in [1.807, 2.05) is 17.0 Å². The summed E-state index contributed by atoms with van der Waals surface area (Å²) in [5.41, 5.74) is 9.49. The SMILES string of the molecule is [2H]C([2H])([2H])c1ncc(C[n+]2csc(CCO)c2C)c(N)n1. The molecule has 0 amide bonds. The largest absolute Gasteiger partial charge is 0.396 e. The van der Waals surface area contributed by atoms with Crippen molar-refractivity contribution < 1.29 is 13.8 Å². The van der Waals surface area contributed by atoms with Gasteiger partial charge in [-0.05, 0) is 6.85 Å². The third-order valence-electron chi connectivity index (χ3n) is 2.73. The average Bonchev–Trinajstić information content (AvgIpc) is 2.73. The van der Waals surface area contributed by atoms with E-state index in [4.69, 9.17) is 15.0 Å². The van der Waals surface area contributed by atoms with Crippen molar-refractivity contribution in [3.05, 3.63) is 33.7 Å². The highest BCUT2D eigenvalue weighted by atomic mass is 32.1. The van der Waals surface area contributed by atoms with Gasteiger partial charge in [0, 0.05) is 30.3 Å². The van der Waals surface area contributed by atoms with Crippen LogP contribution in [0.25, 0.3) is 0 Å². The van der Waals surface area contributed by atoms with Crippen LogP contribution in [-0.2, 0) is 13.0 Å². The number of anilines is 1. The summed E-state index contributed by atoms with van der Waals surface area (Å²) in [5, 5.41) is 9.00. The van der Waals surface area contributed by atoms with Crippen molar-refractivity contribution in [2.75, 3.05) is 12.3 Å². The molecular weight excluding hydrogens is 248 g/mol. The smallest absolute Gasteiger partial charge is 0.225 e. The lowest BCUT2D eigenvalue weighted by molar-refractivity contribution is -0.689. The molecule has 2 aromatic heterocycles. The summed E-state index contributed by atoms with van der Waals surface area (Å²) in [6.45, 7) is 0.197. The zero-order chi connectivity index (χ0) is 15.6. The van der Waals surface area contributed by atoms with E-state index in [-0.39, 0.29) is 18.2 Å². The lowest BCUT2D eigenvalue weighted by atomic mass is 10.2. The van der Waals surface area contributed by atoms with Crippen LogP contribution in [0.1, 0.15) is 26.1 Å². The molecule has 0 bridgehead atoms. The quantitative estimate of drug-likeness (QED) is 0.797. The summed E-state index contributed by atoms with van der Waals surface area (Å²) < 4.78 is 23.8.